The van der Waals surface area contributed by atoms with E-state index in [1.807, 2.05) is 6.07 Å². The molecule has 0 amide bonds. The zero-order valence-electron chi connectivity index (χ0n) is 15.6. The average molecular weight is 360 g/mol. The summed E-state index contributed by atoms with van der Waals surface area (Å²) in [6.07, 6.45) is 0.829. The first-order valence-electron chi connectivity index (χ1n) is 8.39. The van der Waals surface area contributed by atoms with Gasteiger partial charge in [-0.3, -0.25) is 0 Å². The van der Waals surface area contributed by atoms with E-state index in [1.165, 1.54) is 28.4 Å². The van der Waals surface area contributed by atoms with E-state index in [9.17, 15) is 10.2 Å². The first-order valence-corrected chi connectivity index (χ1v) is 8.39. The van der Waals surface area contributed by atoms with Gasteiger partial charge in [0.25, 0.3) is 0 Å². The lowest BCUT2D eigenvalue weighted by Gasteiger charge is -2.20. The molecular formula is C20H24O6. The minimum atomic E-state index is -0.0328. The van der Waals surface area contributed by atoms with Gasteiger partial charge in [0.2, 0.25) is 11.5 Å². The molecule has 0 bridgehead atoms. The molecule has 26 heavy (non-hydrogen) atoms. The van der Waals surface area contributed by atoms with Crippen molar-refractivity contribution in [1.29, 1.82) is 0 Å². The number of phenols is 2. The maximum atomic E-state index is 10.5. The first kappa shape index (κ1) is 18.0. The van der Waals surface area contributed by atoms with Gasteiger partial charge >= 0.3 is 0 Å². The largest absolute Gasteiger partial charge is 0.502 e. The minimum Gasteiger partial charge on any atom is -0.502 e. The van der Waals surface area contributed by atoms with Gasteiger partial charge in [-0.05, 0) is 41.7 Å². The molecule has 6 nitrogen and oxygen atoms in total. The lowest BCUT2D eigenvalue weighted by atomic mass is 9.91. The lowest BCUT2D eigenvalue weighted by molar-refractivity contribution is 0.335. The predicted molar refractivity (Wildman–Crippen MR) is 97.3 cm³/mol. The molecule has 0 heterocycles. The summed E-state index contributed by atoms with van der Waals surface area (Å²) >= 11 is 0. The topological polar surface area (TPSA) is 77.4 Å². The average Bonchev–Trinajstić information content (AvgIpc) is 2.97. The third-order valence-electron chi connectivity index (χ3n) is 5.09. The predicted octanol–water partition coefficient (Wildman–Crippen LogP) is 3.77. The highest BCUT2D eigenvalue weighted by molar-refractivity contribution is 5.65. The molecule has 3 rings (SSSR count). The molecule has 2 atom stereocenters. The minimum absolute atomic E-state index is 0.00874. The maximum absolute atomic E-state index is 10.5. The number of fused-ring (bicyclic) bond motifs is 1. The number of ether oxygens (including phenoxy) is 4. The normalized spacial score (nSPS) is 18.3. The number of rotatable bonds is 5. The van der Waals surface area contributed by atoms with Gasteiger partial charge in [0.05, 0.1) is 28.4 Å². The fraction of sp³-hybridized carbons (Fsp3) is 0.400. The Hall–Kier alpha value is -2.76. The van der Waals surface area contributed by atoms with Gasteiger partial charge in [0.15, 0.2) is 23.0 Å². The number of phenolic OH excluding ortho intramolecular Hbond substituents is 2. The van der Waals surface area contributed by atoms with Crippen molar-refractivity contribution in [2.24, 2.45) is 0 Å². The standard InChI is InChI=1S/C20H24O6/c1-10-6-13(11-7-14(23-2)18(21)15(8-11)24-3)17-12(10)9-16(25-4)19(22)20(17)26-5/h7-10,13,21-22H,6H2,1-5H3/t10-,13+/m0/s1. The van der Waals surface area contributed by atoms with Crippen LogP contribution in [-0.2, 0) is 0 Å². The molecule has 1 aliphatic rings. The van der Waals surface area contributed by atoms with Crippen LogP contribution in [0.4, 0.5) is 0 Å². The van der Waals surface area contributed by atoms with Crippen LogP contribution in [0.15, 0.2) is 18.2 Å². The van der Waals surface area contributed by atoms with Crippen molar-refractivity contribution >= 4 is 0 Å². The van der Waals surface area contributed by atoms with Gasteiger partial charge < -0.3 is 29.2 Å². The molecule has 1 aliphatic carbocycles. The van der Waals surface area contributed by atoms with Crippen LogP contribution >= 0.6 is 0 Å². The zero-order chi connectivity index (χ0) is 19.0. The Morgan fingerprint density at radius 1 is 0.808 bits per heavy atom. The third kappa shape index (κ3) is 2.66. The summed E-state index contributed by atoms with van der Waals surface area (Å²) < 4.78 is 21.4. The summed E-state index contributed by atoms with van der Waals surface area (Å²) in [6, 6.07) is 5.46. The second-order valence-corrected chi connectivity index (χ2v) is 6.43. The van der Waals surface area contributed by atoms with Gasteiger partial charge in [-0.1, -0.05) is 6.92 Å². The fourth-order valence-electron chi connectivity index (χ4n) is 3.80. The maximum Gasteiger partial charge on any atom is 0.201 e. The molecule has 0 aliphatic heterocycles. The highest BCUT2D eigenvalue weighted by atomic mass is 16.5. The van der Waals surface area contributed by atoms with Crippen LogP contribution in [-0.4, -0.2) is 38.7 Å². The molecule has 2 aromatic carbocycles. The molecule has 0 aromatic heterocycles. The monoisotopic (exact) mass is 360 g/mol. The summed E-state index contributed by atoms with van der Waals surface area (Å²) in [5.74, 6) is 1.68. The molecule has 0 unspecified atom stereocenters. The molecule has 0 saturated carbocycles. The Balaban J connectivity index is 2.22. The molecule has 2 aromatic rings. The van der Waals surface area contributed by atoms with E-state index >= 15 is 0 Å². The van der Waals surface area contributed by atoms with Gasteiger partial charge in [-0.15, -0.1) is 0 Å². The van der Waals surface area contributed by atoms with Crippen molar-refractivity contribution in [3.8, 4) is 34.5 Å². The van der Waals surface area contributed by atoms with Crippen LogP contribution in [0.25, 0.3) is 0 Å². The first-order chi connectivity index (χ1) is 12.5. The summed E-state index contributed by atoms with van der Waals surface area (Å²) in [5.41, 5.74) is 2.92. The number of hydrogen-bond donors (Lipinski definition) is 2. The third-order valence-corrected chi connectivity index (χ3v) is 5.09. The Labute approximate surface area is 152 Å². The Bertz CT molecular complexity index is 805. The quantitative estimate of drug-likeness (QED) is 0.845. The molecule has 0 saturated heterocycles. The second kappa shape index (κ2) is 6.86. The lowest BCUT2D eigenvalue weighted by Crippen LogP contribution is -2.02. The van der Waals surface area contributed by atoms with E-state index in [-0.39, 0.29) is 23.3 Å². The molecule has 0 spiro atoms. The van der Waals surface area contributed by atoms with Crippen molar-refractivity contribution < 1.29 is 29.2 Å². The van der Waals surface area contributed by atoms with E-state index in [1.54, 1.807) is 12.1 Å². The van der Waals surface area contributed by atoms with Gasteiger partial charge in [0, 0.05) is 11.5 Å². The fourth-order valence-corrected chi connectivity index (χ4v) is 3.80. The van der Waals surface area contributed by atoms with Crippen molar-refractivity contribution in [1.82, 2.24) is 0 Å². The van der Waals surface area contributed by atoms with Crippen LogP contribution in [0.5, 0.6) is 34.5 Å². The molecule has 2 N–H and O–H groups in total. The van der Waals surface area contributed by atoms with Crippen LogP contribution in [0.2, 0.25) is 0 Å². The summed E-state index contributed by atoms with van der Waals surface area (Å²) in [7, 11) is 6.06. The number of hydrogen-bond acceptors (Lipinski definition) is 6. The molecule has 0 fully saturated rings. The summed E-state index contributed by atoms with van der Waals surface area (Å²) in [5, 5.41) is 20.7. The van der Waals surface area contributed by atoms with Crippen molar-refractivity contribution in [3.05, 3.63) is 34.9 Å². The molecule has 140 valence electrons. The van der Waals surface area contributed by atoms with Gasteiger partial charge in [-0.25, -0.2) is 0 Å². The highest BCUT2D eigenvalue weighted by Gasteiger charge is 2.36. The van der Waals surface area contributed by atoms with Crippen LogP contribution in [0.1, 0.15) is 41.9 Å². The SMILES string of the molecule is COc1cc([C@H]2C[C@H](C)c3cc(OC)c(O)c(OC)c32)cc(OC)c1O. The Morgan fingerprint density at radius 2 is 1.35 bits per heavy atom. The molecule has 0 radical (unpaired) electrons. The van der Waals surface area contributed by atoms with E-state index in [0.717, 1.165) is 23.1 Å². The number of benzene rings is 2. The van der Waals surface area contributed by atoms with E-state index in [4.69, 9.17) is 18.9 Å². The summed E-state index contributed by atoms with van der Waals surface area (Å²) in [6.45, 7) is 2.13. The van der Waals surface area contributed by atoms with Gasteiger partial charge in [-0.2, -0.15) is 0 Å². The van der Waals surface area contributed by atoms with Gasteiger partial charge in [0.1, 0.15) is 0 Å². The van der Waals surface area contributed by atoms with Crippen molar-refractivity contribution in [2.75, 3.05) is 28.4 Å². The van der Waals surface area contributed by atoms with Crippen molar-refractivity contribution in [3.63, 3.8) is 0 Å². The van der Waals surface area contributed by atoms with E-state index < -0.39 is 0 Å². The molecular weight excluding hydrogens is 336 g/mol. The zero-order valence-corrected chi connectivity index (χ0v) is 15.6. The molecule has 6 heteroatoms. The number of aromatic hydroxyl groups is 2. The Morgan fingerprint density at radius 3 is 1.85 bits per heavy atom. The van der Waals surface area contributed by atoms with E-state index in [2.05, 4.69) is 6.92 Å². The van der Waals surface area contributed by atoms with Crippen LogP contribution in [0.3, 0.4) is 0 Å². The second-order valence-electron chi connectivity index (χ2n) is 6.43. The number of methoxy groups -OCH3 is 4. The van der Waals surface area contributed by atoms with Crippen LogP contribution in [0, 0.1) is 0 Å². The van der Waals surface area contributed by atoms with Crippen molar-refractivity contribution in [2.45, 2.75) is 25.2 Å². The van der Waals surface area contributed by atoms with Crippen LogP contribution < -0.4 is 18.9 Å². The highest BCUT2D eigenvalue weighted by Crippen LogP contribution is 2.55. The summed E-state index contributed by atoms with van der Waals surface area (Å²) in [4.78, 5) is 0. The van der Waals surface area contributed by atoms with E-state index in [0.29, 0.717) is 23.0 Å². The Kier molecular flexibility index (Phi) is 4.76. The smallest absolute Gasteiger partial charge is 0.201 e.